The van der Waals surface area contributed by atoms with Crippen molar-refractivity contribution in [1.29, 1.82) is 0 Å². The Bertz CT molecular complexity index is 877. The van der Waals surface area contributed by atoms with Crippen LogP contribution < -0.4 is 11.5 Å². The zero-order valence-corrected chi connectivity index (χ0v) is 12.2. The van der Waals surface area contributed by atoms with E-state index in [4.69, 9.17) is 11.5 Å². The van der Waals surface area contributed by atoms with Crippen LogP contribution in [-0.4, -0.2) is 9.91 Å². The molecule has 3 aromatic rings. The van der Waals surface area contributed by atoms with E-state index in [1.165, 1.54) is 11.8 Å². The Balaban J connectivity index is 2.13. The second-order valence-corrected chi connectivity index (χ2v) is 5.71. The van der Waals surface area contributed by atoms with Crippen molar-refractivity contribution >= 4 is 39.6 Å². The number of hydrogen-bond acceptors (Lipinski definition) is 6. The number of nitro benzene ring substituents is 1. The third-order valence-corrected chi connectivity index (χ3v) is 4.38. The first-order chi connectivity index (χ1) is 10.6. The summed E-state index contributed by atoms with van der Waals surface area (Å²) in [4.78, 5) is 16.2. The first-order valence-corrected chi connectivity index (χ1v) is 7.22. The SMILES string of the molecule is Nc1ccc(Sc2cccc3cnccc23)c([N+](=O)[O-])c1N. The van der Waals surface area contributed by atoms with Gasteiger partial charge in [0.2, 0.25) is 0 Å². The normalized spacial score (nSPS) is 10.7. The van der Waals surface area contributed by atoms with Gasteiger partial charge in [0.15, 0.2) is 0 Å². The lowest BCUT2D eigenvalue weighted by Crippen LogP contribution is -2.01. The Hall–Kier alpha value is -2.80. The molecule has 4 N–H and O–H groups in total. The van der Waals surface area contributed by atoms with Crippen molar-refractivity contribution in [2.24, 2.45) is 0 Å². The van der Waals surface area contributed by atoms with E-state index in [2.05, 4.69) is 4.98 Å². The Morgan fingerprint density at radius 2 is 1.91 bits per heavy atom. The molecule has 2 aromatic carbocycles. The average Bonchev–Trinajstić information content (AvgIpc) is 2.51. The molecule has 0 bridgehead atoms. The van der Waals surface area contributed by atoms with Crippen LogP contribution in [0.25, 0.3) is 10.8 Å². The van der Waals surface area contributed by atoms with Crippen molar-refractivity contribution in [3.05, 3.63) is 58.9 Å². The summed E-state index contributed by atoms with van der Waals surface area (Å²) in [5, 5.41) is 13.2. The van der Waals surface area contributed by atoms with Crippen LogP contribution in [-0.2, 0) is 0 Å². The number of fused-ring (bicyclic) bond motifs is 1. The third-order valence-electron chi connectivity index (χ3n) is 3.26. The molecule has 0 unspecified atom stereocenters. The number of pyridine rings is 1. The van der Waals surface area contributed by atoms with Crippen LogP contribution in [0.3, 0.4) is 0 Å². The lowest BCUT2D eigenvalue weighted by Gasteiger charge is -2.09. The second-order valence-electron chi connectivity index (χ2n) is 4.63. The molecule has 1 aromatic heterocycles. The van der Waals surface area contributed by atoms with Gasteiger partial charge < -0.3 is 11.5 Å². The molecule has 1 heterocycles. The van der Waals surface area contributed by atoms with Crippen LogP contribution in [0, 0.1) is 10.1 Å². The first kappa shape index (κ1) is 14.2. The monoisotopic (exact) mass is 312 g/mol. The molecule has 0 atom stereocenters. The molecule has 7 heteroatoms. The number of nitro groups is 1. The van der Waals surface area contributed by atoms with Gasteiger partial charge in [-0.15, -0.1) is 0 Å². The van der Waals surface area contributed by atoms with Gasteiger partial charge in [-0.2, -0.15) is 0 Å². The molecule has 0 fully saturated rings. The Labute approximate surface area is 130 Å². The lowest BCUT2D eigenvalue weighted by atomic mass is 10.2. The van der Waals surface area contributed by atoms with E-state index in [1.54, 1.807) is 24.5 Å². The molecule has 0 saturated carbocycles. The lowest BCUT2D eigenvalue weighted by molar-refractivity contribution is -0.386. The van der Waals surface area contributed by atoms with E-state index in [1.807, 2.05) is 24.3 Å². The summed E-state index contributed by atoms with van der Waals surface area (Å²) < 4.78 is 0. The molecule has 3 rings (SSSR count). The molecular formula is C15H12N4O2S. The number of aromatic nitrogens is 1. The number of anilines is 2. The van der Waals surface area contributed by atoms with E-state index >= 15 is 0 Å². The first-order valence-electron chi connectivity index (χ1n) is 6.41. The molecule has 0 aliphatic heterocycles. The van der Waals surface area contributed by atoms with E-state index < -0.39 is 4.92 Å². The Morgan fingerprint density at radius 3 is 2.68 bits per heavy atom. The summed E-state index contributed by atoms with van der Waals surface area (Å²) in [7, 11) is 0. The summed E-state index contributed by atoms with van der Waals surface area (Å²) in [6.45, 7) is 0. The van der Waals surface area contributed by atoms with Crippen molar-refractivity contribution in [1.82, 2.24) is 4.98 Å². The van der Waals surface area contributed by atoms with Crippen LogP contribution in [0.1, 0.15) is 0 Å². The fraction of sp³-hybridized carbons (Fsp3) is 0. The fourth-order valence-corrected chi connectivity index (χ4v) is 3.27. The van der Waals surface area contributed by atoms with E-state index in [-0.39, 0.29) is 17.1 Å². The fourth-order valence-electron chi connectivity index (χ4n) is 2.17. The summed E-state index contributed by atoms with van der Waals surface area (Å²) in [5.41, 5.74) is 11.5. The molecule has 110 valence electrons. The topological polar surface area (TPSA) is 108 Å². The highest BCUT2D eigenvalue weighted by atomic mass is 32.2. The van der Waals surface area contributed by atoms with Gasteiger partial charge in [-0.3, -0.25) is 15.1 Å². The molecule has 0 spiro atoms. The van der Waals surface area contributed by atoms with Gasteiger partial charge in [0, 0.05) is 22.7 Å². The minimum atomic E-state index is -0.499. The Morgan fingerprint density at radius 1 is 1.09 bits per heavy atom. The van der Waals surface area contributed by atoms with Gasteiger partial charge in [-0.1, -0.05) is 23.9 Å². The van der Waals surface area contributed by atoms with E-state index in [0.717, 1.165) is 15.7 Å². The highest BCUT2D eigenvalue weighted by Crippen LogP contribution is 2.42. The van der Waals surface area contributed by atoms with Gasteiger partial charge in [-0.25, -0.2) is 0 Å². The highest BCUT2D eigenvalue weighted by Gasteiger charge is 2.21. The predicted molar refractivity (Wildman–Crippen MR) is 87.8 cm³/mol. The van der Waals surface area contributed by atoms with Gasteiger partial charge in [0.1, 0.15) is 5.69 Å². The number of benzene rings is 2. The minimum Gasteiger partial charge on any atom is -0.397 e. The average molecular weight is 312 g/mol. The molecule has 6 nitrogen and oxygen atoms in total. The Kier molecular flexibility index (Phi) is 3.56. The van der Waals surface area contributed by atoms with Crippen LogP contribution >= 0.6 is 11.8 Å². The van der Waals surface area contributed by atoms with Gasteiger partial charge in [0.05, 0.1) is 15.5 Å². The molecule has 0 aliphatic carbocycles. The van der Waals surface area contributed by atoms with Crippen molar-refractivity contribution < 1.29 is 4.92 Å². The standard InChI is InChI=1S/C15H12N4O2S/c16-11-4-5-13(15(14(11)17)19(20)21)22-12-3-1-2-9-8-18-7-6-10(9)12/h1-8H,16-17H2. The predicted octanol–water partition coefficient (Wildman–Crippen LogP) is 3.46. The molecular weight excluding hydrogens is 300 g/mol. The van der Waals surface area contributed by atoms with Gasteiger partial charge in [-0.05, 0) is 29.7 Å². The molecule has 0 aliphatic rings. The summed E-state index contributed by atoms with van der Waals surface area (Å²) >= 11 is 1.29. The zero-order chi connectivity index (χ0) is 15.7. The molecule has 0 amide bonds. The molecule has 0 saturated heterocycles. The smallest absolute Gasteiger partial charge is 0.308 e. The van der Waals surface area contributed by atoms with Gasteiger partial charge >= 0.3 is 5.69 Å². The van der Waals surface area contributed by atoms with Crippen LogP contribution in [0.2, 0.25) is 0 Å². The third kappa shape index (κ3) is 2.42. The second kappa shape index (κ2) is 5.53. The van der Waals surface area contributed by atoms with Crippen LogP contribution in [0.5, 0.6) is 0 Å². The number of nitrogens with two attached hydrogens (primary N) is 2. The van der Waals surface area contributed by atoms with Gasteiger partial charge in [0.25, 0.3) is 0 Å². The number of nitrogens with zero attached hydrogens (tertiary/aromatic N) is 2. The largest absolute Gasteiger partial charge is 0.397 e. The highest BCUT2D eigenvalue weighted by molar-refractivity contribution is 7.99. The number of hydrogen-bond donors (Lipinski definition) is 2. The van der Waals surface area contributed by atoms with E-state index in [9.17, 15) is 10.1 Å². The van der Waals surface area contributed by atoms with Crippen molar-refractivity contribution in [2.45, 2.75) is 9.79 Å². The quantitative estimate of drug-likeness (QED) is 0.435. The maximum absolute atomic E-state index is 11.3. The van der Waals surface area contributed by atoms with Crippen molar-refractivity contribution in [2.75, 3.05) is 11.5 Å². The molecule has 0 radical (unpaired) electrons. The zero-order valence-electron chi connectivity index (χ0n) is 11.4. The van der Waals surface area contributed by atoms with Crippen LogP contribution in [0.4, 0.5) is 17.1 Å². The van der Waals surface area contributed by atoms with Crippen molar-refractivity contribution in [3.63, 3.8) is 0 Å². The number of rotatable bonds is 3. The molecule has 22 heavy (non-hydrogen) atoms. The maximum atomic E-state index is 11.3. The number of nitrogen functional groups attached to an aromatic ring is 2. The maximum Gasteiger partial charge on any atom is 0.308 e. The van der Waals surface area contributed by atoms with E-state index in [0.29, 0.717) is 4.90 Å². The van der Waals surface area contributed by atoms with Crippen molar-refractivity contribution in [3.8, 4) is 0 Å². The minimum absolute atomic E-state index is 0.00287. The summed E-state index contributed by atoms with van der Waals surface area (Å²) in [6.07, 6.45) is 3.45. The summed E-state index contributed by atoms with van der Waals surface area (Å²) in [5.74, 6) is 0. The van der Waals surface area contributed by atoms with Crippen LogP contribution in [0.15, 0.2) is 58.6 Å². The summed E-state index contributed by atoms with van der Waals surface area (Å²) in [6, 6.07) is 10.8.